The van der Waals surface area contributed by atoms with Crippen molar-refractivity contribution in [1.82, 2.24) is 9.78 Å². The zero-order valence-electron chi connectivity index (χ0n) is 14.1. The smallest absolute Gasteiger partial charge is 0.225 e. The molecule has 132 valence electrons. The number of anilines is 1. The second kappa shape index (κ2) is 7.51. The third-order valence-electron chi connectivity index (χ3n) is 4.90. The summed E-state index contributed by atoms with van der Waals surface area (Å²) in [5.74, 6) is -1.24. The molecule has 1 aromatic carbocycles. The maximum Gasteiger partial charge on any atom is 0.225 e. The van der Waals surface area contributed by atoms with E-state index in [1.54, 1.807) is 10.9 Å². The molecule has 6 heteroatoms. The Balaban J connectivity index is 1.75. The first-order valence-corrected chi connectivity index (χ1v) is 8.67. The Labute approximate surface area is 146 Å². The van der Waals surface area contributed by atoms with Crippen LogP contribution in [0.3, 0.4) is 0 Å². The molecule has 6 nitrogen and oxygen atoms in total. The van der Waals surface area contributed by atoms with Gasteiger partial charge in [-0.05, 0) is 42.9 Å². The van der Waals surface area contributed by atoms with Crippen molar-refractivity contribution in [2.75, 3.05) is 5.32 Å². The van der Waals surface area contributed by atoms with E-state index in [4.69, 9.17) is 0 Å². The van der Waals surface area contributed by atoms with E-state index in [0.29, 0.717) is 5.69 Å². The standard InChI is InChI=1S/C19H23N3O3/c23-17(13-19(14-18(24)25)9-4-1-5-10-19)21-15-7-2-3-8-16(15)22-12-6-11-20-22/h2-3,6-8,11-12H,1,4-5,9-10,13-14H2,(H,21,23)(H,24,25)/p-1. The van der Waals surface area contributed by atoms with Crippen LogP contribution in [0.25, 0.3) is 5.69 Å². The lowest BCUT2D eigenvalue weighted by molar-refractivity contribution is -0.308. The Morgan fingerprint density at radius 1 is 1.12 bits per heavy atom. The average Bonchev–Trinajstić information content (AvgIpc) is 3.09. The van der Waals surface area contributed by atoms with Gasteiger partial charge in [-0.15, -0.1) is 0 Å². The molecule has 1 amide bonds. The van der Waals surface area contributed by atoms with Crippen molar-refractivity contribution in [2.45, 2.75) is 44.9 Å². The highest BCUT2D eigenvalue weighted by molar-refractivity contribution is 5.93. The number of carbonyl (C=O) groups excluding carboxylic acids is 2. The second-order valence-electron chi connectivity index (χ2n) is 6.80. The molecule has 1 aliphatic carbocycles. The lowest BCUT2D eigenvalue weighted by atomic mass is 9.69. The second-order valence-corrected chi connectivity index (χ2v) is 6.80. The van der Waals surface area contributed by atoms with E-state index in [-0.39, 0.29) is 18.7 Å². The number of aliphatic carboxylic acids is 1. The number of amides is 1. The minimum atomic E-state index is -1.08. The molecule has 1 fully saturated rings. The van der Waals surface area contributed by atoms with E-state index in [9.17, 15) is 14.7 Å². The van der Waals surface area contributed by atoms with Crippen LogP contribution >= 0.6 is 0 Å². The number of carboxylic acid groups (broad SMARTS) is 1. The van der Waals surface area contributed by atoms with Crippen molar-refractivity contribution in [1.29, 1.82) is 0 Å². The molecule has 1 heterocycles. The summed E-state index contributed by atoms with van der Waals surface area (Å²) in [7, 11) is 0. The van der Waals surface area contributed by atoms with Gasteiger partial charge < -0.3 is 15.2 Å². The number of hydrogen-bond acceptors (Lipinski definition) is 4. The number of aromatic nitrogens is 2. The molecule has 2 aromatic rings. The molecule has 1 N–H and O–H groups in total. The number of carbonyl (C=O) groups is 2. The van der Waals surface area contributed by atoms with Crippen LogP contribution < -0.4 is 10.4 Å². The molecule has 3 rings (SSSR count). The van der Waals surface area contributed by atoms with E-state index in [1.165, 1.54) is 0 Å². The molecular formula is C19H22N3O3-. The summed E-state index contributed by atoms with van der Waals surface area (Å²) in [6, 6.07) is 9.24. The minimum Gasteiger partial charge on any atom is -0.550 e. The molecule has 25 heavy (non-hydrogen) atoms. The first-order chi connectivity index (χ1) is 12.1. The van der Waals surface area contributed by atoms with E-state index >= 15 is 0 Å². The highest BCUT2D eigenvalue weighted by Gasteiger charge is 2.34. The molecule has 0 unspecified atom stereocenters. The van der Waals surface area contributed by atoms with Crippen LogP contribution in [0.15, 0.2) is 42.7 Å². The molecule has 0 atom stereocenters. The Kier molecular flexibility index (Phi) is 5.16. The van der Waals surface area contributed by atoms with E-state index in [2.05, 4.69) is 10.4 Å². The van der Waals surface area contributed by atoms with Crippen molar-refractivity contribution in [2.24, 2.45) is 5.41 Å². The van der Waals surface area contributed by atoms with E-state index in [1.807, 2.05) is 36.5 Å². The van der Waals surface area contributed by atoms with Crippen LogP contribution in [0.4, 0.5) is 5.69 Å². The van der Waals surface area contributed by atoms with Gasteiger partial charge in [0, 0.05) is 24.8 Å². The van der Waals surface area contributed by atoms with Crippen molar-refractivity contribution in [3.8, 4) is 5.69 Å². The Bertz CT molecular complexity index is 734. The van der Waals surface area contributed by atoms with Crippen molar-refractivity contribution in [3.63, 3.8) is 0 Å². The summed E-state index contributed by atoms with van der Waals surface area (Å²) < 4.78 is 1.69. The number of hydrogen-bond donors (Lipinski definition) is 1. The number of nitrogens with one attached hydrogen (secondary N) is 1. The topological polar surface area (TPSA) is 87.0 Å². The zero-order chi connectivity index (χ0) is 17.7. The monoisotopic (exact) mass is 340 g/mol. The molecule has 1 saturated carbocycles. The quantitative estimate of drug-likeness (QED) is 0.874. The normalized spacial score (nSPS) is 16.3. The molecule has 0 aliphatic heterocycles. The van der Waals surface area contributed by atoms with Gasteiger partial charge >= 0.3 is 0 Å². The van der Waals surface area contributed by atoms with E-state index < -0.39 is 11.4 Å². The van der Waals surface area contributed by atoms with Crippen molar-refractivity contribution < 1.29 is 14.7 Å². The van der Waals surface area contributed by atoms with Gasteiger partial charge in [-0.1, -0.05) is 31.4 Å². The third-order valence-corrected chi connectivity index (χ3v) is 4.90. The van der Waals surface area contributed by atoms with Crippen LogP contribution in [0.5, 0.6) is 0 Å². The summed E-state index contributed by atoms with van der Waals surface area (Å²) in [5, 5.41) is 18.3. The van der Waals surface area contributed by atoms with Gasteiger partial charge in [0.05, 0.1) is 11.4 Å². The van der Waals surface area contributed by atoms with Crippen LogP contribution in [-0.2, 0) is 9.59 Å². The van der Waals surface area contributed by atoms with Crippen LogP contribution in [0.2, 0.25) is 0 Å². The predicted molar refractivity (Wildman–Crippen MR) is 92.0 cm³/mol. The van der Waals surface area contributed by atoms with Gasteiger partial charge in [0.15, 0.2) is 0 Å². The molecule has 0 saturated heterocycles. The zero-order valence-corrected chi connectivity index (χ0v) is 14.1. The molecular weight excluding hydrogens is 318 g/mol. The fraction of sp³-hybridized carbons (Fsp3) is 0.421. The molecule has 0 bridgehead atoms. The first kappa shape index (κ1) is 17.2. The van der Waals surface area contributed by atoms with Crippen LogP contribution in [-0.4, -0.2) is 21.7 Å². The highest BCUT2D eigenvalue weighted by Crippen LogP contribution is 2.42. The number of carboxylic acids is 1. The maximum absolute atomic E-state index is 12.6. The van der Waals surface area contributed by atoms with Crippen molar-refractivity contribution >= 4 is 17.6 Å². The molecule has 0 spiro atoms. The van der Waals surface area contributed by atoms with Gasteiger partial charge in [0.2, 0.25) is 5.91 Å². The summed E-state index contributed by atoms with van der Waals surface area (Å²) in [6.45, 7) is 0. The number of rotatable bonds is 6. The minimum absolute atomic E-state index is 0.0543. The molecule has 1 aromatic heterocycles. The number of nitrogens with zero attached hydrogens (tertiary/aromatic N) is 2. The number of benzene rings is 1. The van der Waals surface area contributed by atoms with Gasteiger partial charge in [0.25, 0.3) is 0 Å². The van der Waals surface area contributed by atoms with Crippen LogP contribution in [0.1, 0.15) is 44.9 Å². The van der Waals surface area contributed by atoms with Gasteiger partial charge in [0.1, 0.15) is 0 Å². The highest BCUT2D eigenvalue weighted by atomic mass is 16.4. The van der Waals surface area contributed by atoms with Gasteiger partial charge in [-0.2, -0.15) is 5.10 Å². The summed E-state index contributed by atoms with van der Waals surface area (Å²) >= 11 is 0. The largest absolute Gasteiger partial charge is 0.550 e. The Morgan fingerprint density at radius 2 is 1.88 bits per heavy atom. The van der Waals surface area contributed by atoms with Crippen molar-refractivity contribution in [3.05, 3.63) is 42.7 Å². The molecule has 0 radical (unpaired) electrons. The summed E-state index contributed by atoms with van der Waals surface area (Å²) in [4.78, 5) is 23.8. The van der Waals surface area contributed by atoms with E-state index in [0.717, 1.165) is 37.8 Å². The average molecular weight is 340 g/mol. The fourth-order valence-electron chi connectivity index (χ4n) is 3.75. The SMILES string of the molecule is O=C([O-])CC1(CC(=O)Nc2ccccc2-n2cccn2)CCCCC1. The predicted octanol–water partition coefficient (Wildman–Crippen LogP) is 2.29. The third kappa shape index (κ3) is 4.26. The van der Waals surface area contributed by atoms with Gasteiger partial charge in [-0.25, -0.2) is 4.68 Å². The molecule has 1 aliphatic rings. The lowest BCUT2D eigenvalue weighted by Gasteiger charge is -2.37. The Morgan fingerprint density at radius 3 is 2.56 bits per heavy atom. The first-order valence-electron chi connectivity index (χ1n) is 8.67. The summed E-state index contributed by atoms with van der Waals surface area (Å²) in [5.41, 5.74) is 0.955. The maximum atomic E-state index is 12.6. The lowest BCUT2D eigenvalue weighted by Crippen LogP contribution is -2.36. The van der Waals surface area contributed by atoms with Gasteiger partial charge in [-0.3, -0.25) is 4.79 Å². The number of para-hydroxylation sites is 2. The van der Waals surface area contributed by atoms with Crippen LogP contribution in [0, 0.1) is 5.41 Å². The summed E-state index contributed by atoms with van der Waals surface area (Å²) in [6.07, 6.45) is 8.17. The fourth-order valence-corrected chi connectivity index (χ4v) is 3.75. The Hall–Kier alpha value is -2.63.